The van der Waals surface area contributed by atoms with E-state index in [0.29, 0.717) is 33.0 Å². The van der Waals surface area contributed by atoms with Crippen LogP contribution < -0.4 is 15.6 Å². The normalized spacial score (nSPS) is 11.9. The fourth-order valence-corrected chi connectivity index (χ4v) is 3.81. The number of ether oxygens (including phenoxy) is 2. The van der Waals surface area contributed by atoms with Gasteiger partial charge in [0.2, 0.25) is 0 Å². The molecule has 0 bridgehead atoms. The molecule has 2 N–H and O–H groups in total. The van der Waals surface area contributed by atoms with Gasteiger partial charge < -0.3 is 19.8 Å². The van der Waals surface area contributed by atoms with Crippen LogP contribution in [0.2, 0.25) is 0 Å². The number of hydrogen-bond acceptors (Lipinski definition) is 7. The van der Waals surface area contributed by atoms with E-state index in [1.807, 2.05) is 0 Å². The van der Waals surface area contributed by atoms with E-state index in [1.54, 1.807) is 38.1 Å². The van der Waals surface area contributed by atoms with Gasteiger partial charge in [0.1, 0.15) is 21.3 Å². The number of thiophene rings is 1. The third-order valence-corrected chi connectivity index (χ3v) is 5.29. The molecule has 0 aliphatic rings. The Morgan fingerprint density at radius 3 is 2.68 bits per heavy atom. The molecule has 3 aromatic rings. The van der Waals surface area contributed by atoms with E-state index in [1.165, 1.54) is 14.0 Å². The maximum atomic E-state index is 12.6. The summed E-state index contributed by atoms with van der Waals surface area (Å²) in [5, 5.41) is 3.03. The monoisotopic (exact) mass is 401 g/mol. The van der Waals surface area contributed by atoms with Crippen molar-refractivity contribution in [1.29, 1.82) is 0 Å². The SMILES string of the molecule is COc1ccccc1NC(=O)[C@H](C)OC(=O)c1sc2nc(C)[nH]c(=O)c2c1C. The van der Waals surface area contributed by atoms with Crippen LogP contribution in [0.1, 0.15) is 28.0 Å². The first kappa shape index (κ1) is 19.6. The van der Waals surface area contributed by atoms with E-state index >= 15 is 0 Å². The van der Waals surface area contributed by atoms with Gasteiger partial charge in [-0.2, -0.15) is 0 Å². The average molecular weight is 401 g/mol. The molecular formula is C19H19N3O5S. The van der Waals surface area contributed by atoms with Crippen molar-refractivity contribution in [1.82, 2.24) is 9.97 Å². The highest BCUT2D eigenvalue weighted by molar-refractivity contribution is 7.20. The molecular weight excluding hydrogens is 382 g/mol. The second-order valence-corrected chi connectivity index (χ2v) is 7.12. The lowest BCUT2D eigenvalue weighted by molar-refractivity contribution is -0.123. The van der Waals surface area contributed by atoms with Crippen LogP contribution in [0.15, 0.2) is 29.1 Å². The number of carbonyl (C=O) groups is 2. The van der Waals surface area contributed by atoms with Crippen LogP contribution >= 0.6 is 11.3 Å². The van der Waals surface area contributed by atoms with Crippen molar-refractivity contribution in [3.8, 4) is 5.75 Å². The van der Waals surface area contributed by atoms with Crippen molar-refractivity contribution in [3.05, 3.63) is 50.9 Å². The number of methoxy groups -OCH3 is 1. The van der Waals surface area contributed by atoms with Crippen LogP contribution in [0.3, 0.4) is 0 Å². The summed E-state index contributed by atoms with van der Waals surface area (Å²) in [7, 11) is 1.50. The van der Waals surface area contributed by atoms with Gasteiger partial charge in [-0.15, -0.1) is 11.3 Å². The van der Waals surface area contributed by atoms with Crippen LogP contribution in [-0.4, -0.2) is 35.1 Å². The van der Waals surface area contributed by atoms with Crippen molar-refractivity contribution in [3.63, 3.8) is 0 Å². The number of nitrogens with one attached hydrogen (secondary N) is 2. The topological polar surface area (TPSA) is 110 Å². The van der Waals surface area contributed by atoms with E-state index in [-0.39, 0.29) is 10.4 Å². The molecule has 0 unspecified atom stereocenters. The Balaban J connectivity index is 1.78. The molecule has 146 valence electrons. The predicted octanol–water partition coefficient (Wildman–Crippen LogP) is 2.79. The second-order valence-electron chi connectivity index (χ2n) is 6.12. The number of rotatable bonds is 5. The summed E-state index contributed by atoms with van der Waals surface area (Å²) in [4.78, 5) is 44.7. The number of carbonyl (C=O) groups excluding carboxylic acids is 2. The number of esters is 1. The first-order valence-corrected chi connectivity index (χ1v) is 9.28. The molecule has 2 heterocycles. The molecule has 9 heteroatoms. The molecule has 2 aromatic heterocycles. The number of fused-ring (bicyclic) bond motifs is 1. The summed E-state index contributed by atoms with van der Waals surface area (Å²) in [6.07, 6.45) is -1.05. The fraction of sp³-hybridized carbons (Fsp3) is 0.263. The van der Waals surface area contributed by atoms with Gasteiger partial charge in [0.05, 0.1) is 18.2 Å². The van der Waals surface area contributed by atoms with Gasteiger partial charge in [-0.3, -0.25) is 9.59 Å². The maximum absolute atomic E-state index is 12.6. The molecule has 0 aliphatic heterocycles. The molecule has 0 fully saturated rings. The number of H-pyrrole nitrogens is 1. The summed E-state index contributed by atoms with van der Waals surface area (Å²) in [6, 6.07) is 6.92. The molecule has 0 saturated carbocycles. The minimum atomic E-state index is -1.05. The Hall–Kier alpha value is -3.20. The number of para-hydroxylation sites is 2. The van der Waals surface area contributed by atoms with Crippen molar-refractivity contribution < 1.29 is 19.1 Å². The predicted molar refractivity (Wildman–Crippen MR) is 106 cm³/mol. The van der Waals surface area contributed by atoms with Gasteiger partial charge >= 0.3 is 5.97 Å². The Bertz CT molecular complexity index is 1120. The summed E-state index contributed by atoms with van der Waals surface area (Å²) in [5.74, 6) is -0.220. The number of aromatic amines is 1. The van der Waals surface area contributed by atoms with E-state index in [2.05, 4.69) is 15.3 Å². The number of hydrogen-bond donors (Lipinski definition) is 2. The molecule has 0 spiro atoms. The van der Waals surface area contributed by atoms with E-state index in [0.717, 1.165) is 11.3 Å². The van der Waals surface area contributed by atoms with Crippen LogP contribution in [0.4, 0.5) is 5.69 Å². The minimum Gasteiger partial charge on any atom is -0.495 e. The highest BCUT2D eigenvalue weighted by Crippen LogP contribution is 2.28. The zero-order chi connectivity index (χ0) is 20.4. The summed E-state index contributed by atoms with van der Waals surface area (Å²) in [6.45, 7) is 4.79. The second kappa shape index (κ2) is 7.81. The van der Waals surface area contributed by atoms with Gasteiger partial charge in [0.25, 0.3) is 11.5 Å². The zero-order valence-corrected chi connectivity index (χ0v) is 16.6. The summed E-state index contributed by atoms with van der Waals surface area (Å²) in [5.41, 5.74) is 0.649. The summed E-state index contributed by atoms with van der Waals surface area (Å²) >= 11 is 1.07. The molecule has 3 rings (SSSR count). The van der Waals surface area contributed by atoms with Gasteiger partial charge in [0.15, 0.2) is 6.10 Å². The maximum Gasteiger partial charge on any atom is 0.349 e. The van der Waals surface area contributed by atoms with Gasteiger partial charge in [-0.05, 0) is 38.5 Å². The van der Waals surface area contributed by atoms with Crippen LogP contribution in [0.25, 0.3) is 10.2 Å². The number of aromatic nitrogens is 2. The van der Waals surface area contributed by atoms with Crippen LogP contribution in [-0.2, 0) is 9.53 Å². The Morgan fingerprint density at radius 2 is 1.96 bits per heavy atom. The van der Waals surface area contributed by atoms with Crippen molar-refractivity contribution >= 4 is 39.1 Å². The number of benzene rings is 1. The van der Waals surface area contributed by atoms with E-state index in [4.69, 9.17) is 9.47 Å². The molecule has 8 nitrogen and oxygen atoms in total. The van der Waals surface area contributed by atoms with Crippen molar-refractivity contribution in [2.24, 2.45) is 0 Å². The fourth-order valence-electron chi connectivity index (χ4n) is 2.70. The summed E-state index contributed by atoms with van der Waals surface area (Å²) < 4.78 is 10.5. The van der Waals surface area contributed by atoms with E-state index in [9.17, 15) is 14.4 Å². The largest absolute Gasteiger partial charge is 0.495 e. The Kier molecular flexibility index (Phi) is 5.46. The lowest BCUT2D eigenvalue weighted by atomic mass is 10.2. The van der Waals surface area contributed by atoms with Crippen LogP contribution in [0.5, 0.6) is 5.75 Å². The first-order chi connectivity index (χ1) is 13.3. The Labute approximate surface area is 164 Å². The highest BCUT2D eigenvalue weighted by atomic mass is 32.1. The number of amides is 1. The molecule has 1 amide bonds. The number of aryl methyl sites for hydroxylation is 2. The third kappa shape index (κ3) is 3.74. The van der Waals surface area contributed by atoms with Crippen molar-refractivity contribution in [2.45, 2.75) is 26.9 Å². The van der Waals surface area contributed by atoms with Crippen LogP contribution in [0, 0.1) is 13.8 Å². The average Bonchev–Trinajstić information content (AvgIpc) is 2.98. The minimum absolute atomic E-state index is 0.246. The highest BCUT2D eigenvalue weighted by Gasteiger charge is 2.24. The zero-order valence-electron chi connectivity index (χ0n) is 15.8. The molecule has 1 atom stereocenters. The molecule has 0 aliphatic carbocycles. The number of anilines is 1. The first-order valence-electron chi connectivity index (χ1n) is 8.46. The van der Waals surface area contributed by atoms with Gasteiger partial charge in [-0.25, -0.2) is 9.78 Å². The third-order valence-electron chi connectivity index (χ3n) is 4.12. The lowest BCUT2D eigenvalue weighted by Crippen LogP contribution is -2.30. The van der Waals surface area contributed by atoms with Gasteiger partial charge in [0, 0.05) is 0 Å². The smallest absolute Gasteiger partial charge is 0.349 e. The molecule has 1 aromatic carbocycles. The van der Waals surface area contributed by atoms with Crippen molar-refractivity contribution in [2.75, 3.05) is 12.4 Å². The lowest BCUT2D eigenvalue weighted by Gasteiger charge is -2.15. The van der Waals surface area contributed by atoms with E-state index < -0.39 is 18.0 Å². The van der Waals surface area contributed by atoms with Gasteiger partial charge in [-0.1, -0.05) is 12.1 Å². The quantitative estimate of drug-likeness (QED) is 0.636. The Morgan fingerprint density at radius 1 is 1.25 bits per heavy atom. The number of nitrogens with zero attached hydrogens (tertiary/aromatic N) is 1. The molecule has 0 radical (unpaired) electrons. The molecule has 0 saturated heterocycles. The molecule has 28 heavy (non-hydrogen) atoms. The standard InChI is InChI=1S/C19H19N3O5S/c1-9-14-17(24)20-11(3)21-18(14)28-15(9)19(25)27-10(2)16(23)22-12-7-5-6-8-13(12)26-4/h5-8,10H,1-4H3,(H,22,23)(H,20,21,24)/t10-/m0/s1.